The van der Waals surface area contributed by atoms with Crippen molar-refractivity contribution in [3.05, 3.63) is 81.5 Å². The van der Waals surface area contributed by atoms with Crippen molar-refractivity contribution in [1.82, 2.24) is 31.2 Å². The number of methoxy groups -OCH3 is 2. The molecule has 2 aliphatic rings. The van der Waals surface area contributed by atoms with E-state index in [1.54, 1.807) is 20.4 Å². The van der Waals surface area contributed by atoms with Crippen molar-refractivity contribution < 1.29 is 19.1 Å². The minimum Gasteiger partial charge on any atom is -0.496 e. The molecule has 2 fully saturated rings. The molecule has 0 unspecified atom stereocenters. The van der Waals surface area contributed by atoms with E-state index in [4.69, 9.17) is 37.7 Å². The van der Waals surface area contributed by atoms with E-state index in [-0.39, 0.29) is 23.9 Å². The van der Waals surface area contributed by atoms with Crippen molar-refractivity contribution >= 4 is 35.0 Å². The number of hydrogen-bond donors (Lipinski definition) is 4. The Morgan fingerprint density at radius 3 is 2.16 bits per heavy atom. The van der Waals surface area contributed by atoms with Crippen LogP contribution < -0.4 is 30.7 Å². The number of ether oxygens (including phenoxy) is 2. The fourth-order valence-electron chi connectivity index (χ4n) is 6.46. The fraction of sp³-hybridized carbons (Fsp3) is 0.351. The van der Waals surface area contributed by atoms with E-state index in [9.17, 15) is 9.59 Å². The Kier molecular flexibility index (Phi) is 11.0. The molecule has 2 amide bonds. The predicted octanol–water partition coefficient (Wildman–Crippen LogP) is 5.85. The van der Waals surface area contributed by atoms with Gasteiger partial charge in [0.25, 0.3) is 0 Å². The van der Waals surface area contributed by atoms with Crippen molar-refractivity contribution in [3.8, 4) is 45.3 Å². The van der Waals surface area contributed by atoms with Gasteiger partial charge in [0.05, 0.1) is 35.7 Å². The van der Waals surface area contributed by atoms with Crippen LogP contribution in [0.2, 0.25) is 10.0 Å². The van der Waals surface area contributed by atoms with Crippen LogP contribution in [0.5, 0.6) is 11.6 Å². The lowest BCUT2D eigenvalue weighted by atomic mass is 9.97. The molecule has 2 atom stereocenters. The number of aromatic nitrogens is 2. The second kappa shape index (κ2) is 15.6. The van der Waals surface area contributed by atoms with Crippen molar-refractivity contribution in [2.45, 2.75) is 57.8 Å². The monoisotopic (exact) mass is 702 g/mol. The van der Waals surface area contributed by atoms with Crippen molar-refractivity contribution in [1.29, 1.82) is 0 Å². The largest absolute Gasteiger partial charge is 0.496 e. The van der Waals surface area contributed by atoms with E-state index in [0.29, 0.717) is 66.3 Å². The van der Waals surface area contributed by atoms with Crippen molar-refractivity contribution in [2.24, 2.45) is 0 Å². The van der Waals surface area contributed by atoms with Crippen LogP contribution in [0, 0.1) is 6.92 Å². The molecule has 10 nitrogen and oxygen atoms in total. The summed E-state index contributed by atoms with van der Waals surface area (Å²) in [7, 11) is 3.25. The third-order valence-corrected chi connectivity index (χ3v) is 9.87. The topological polar surface area (TPSA) is 126 Å². The molecule has 256 valence electrons. The summed E-state index contributed by atoms with van der Waals surface area (Å²) < 4.78 is 11.5. The highest BCUT2D eigenvalue weighted by Crippen LogP contribution is 2.42. The number of halogens is 2. The first-order chi connectivity index (χ1) is 23.7. The van der Waals surface area contributed by atoms with Crippen LogP contribution in [-0.2, 0) is 22.7 Å². The molecule has 49 heavy (non-hydrogen) atoms. The van der Waals surface area contributed by atoms with Gasteiger partial charge in [-0.2, -0.15) is 0 Å². The Hall–Kier alpha value is -4.22. The van der Waals surface area contributed by atoms with Crippen LogP contribution in [0.15, 0.2) is 54.7 Å². The average molecular weight is 704 g/mol. The zero-order valence-corrected chi connectivity index (χ0v) is 29.3. The van der Waals surface area contributed by atoms with Gasteiger partial charge in [-0.05, 0) is 49.6 Å². The molecule has 0 saturated carbocycles. The normalized spacial score (nSPS) is 17.2. The number of hydrogen-bond acceptors (Lipinski definition) is 8. The summed E-state index contributed by atoms with van der Waals surface area (Å²) in [5.74, 6) is 1.43. The van der Waals surface area contributed by atoms with Gasteiger partial charge in [-0.3, -0.25) is 14.6 Å². The number of carbonyl (C=O) groups is 2. The summed E-state index contributed by atoms with van der Waals surface area (Å²) in [5, 5.41) is 13.8. The van der Waals surface area contributed by atoms with Gasteiger partial charge >= 0.3 is 0 Å². The maximum atomic E-state index is 11.6. The second-order valence-corrected chi connectivity index (χ2v) is 13.2. The highest BCUT2D eigenvalue weighted by atomic mass is 35.5. The number of amides is 2. The Morgan fingerprint density at radius 1 is 0.837 bits per heavy atom. The molecule has 0 aliphatic carbocycles. The molecule has 4 heterocycles. The van der Waals surface area contributed by atoms with Crippen LogP contribution in [0.1, 0.15) is 42.4 Å². The summed E-state index contributed by atoms with van der Waals surface area (Å²) in [6.45, 7) is 4.55. The van der Waals surface area contributed by atoms with Gasteiger partial charge < -0.3 is 30.7 Å². The van der Waals surface area contributed by atoms with E-state index in [1.807, 2.05) is 49.4 Å². The van der Waals surface area contributed by atoms with Crippen LogP contribution in [-0.4, -0.2) is 61.2 Å². The molecule has 6 rings (SSSR count). The molecular weight excluding hydrogens is 663 g/mol. The molecule has 0 spiro atoms. The van der Waals surface area contributed by atoms with E-state index >= 15 is 0 Å². The maximum absolute atomic E-state index is 11.6. The summed E-state index contributed by atoms with van der Waals surface area (Å²) in [6, 6.07) is 15.8. The molecule has 2 aromatic carbocycles. The van der Waals surface area contributed by atoms with E-state index < -0.39 is 0 Å². The third-order valence-electron chi connectivity index (χ3n) is 9.08. The highest BCUT2D eigenvalue weighted by molar-refractivity contribution is 6.39. The third kappa shape index (κ3) is 7.83. The Morgan fingerprint density at radius 2 is 1.51 bits per heavy atom. The van der Waals surface area contributed by atoms with Gasteiger partial charge in [-0.1, -0.05) is 47.5 Å². The molecule has 2 saturated heterocycles. The highest BCUT2D eigenvalue weighted by Gasteiger charge is 2.23. The molecule has 4 N–H and O–H groups in total. The zero-order valence-electron chi connectivity index (χ0n) is 27.8. The SMILES string of the molecule is COc1cc(-c2nccc(-c3cccc(-c4ccc(CNC[C@H]5CCC(=O)N5)c(OC)n4)c3Cl)c2Cl)cc(C)c1CNC[C@H]1CCC(=O)N1. The smallest absolute Gasteiger partial charge is 0.220 e. The minimum absolute atomic E-state index is 0.0980. The van der Waals surface area contributed by atoms with Gasteiger partial charge in [0, 0.05) is 90.7 Å². The summed E-state index contributed by atoms with van der Waals surface area (Å²) in [6.07, 6.45) is 4.55. The first-order valence-electron chi connectivity index (χ1n) is 16.4. The van der Waals surface area contributed by atoms with Crippen molar-refractivity contribution in [2.75, 3.05) is 27.3 Å². The lowest BCUT2D eigenvalue weighted by molar-refractivity contribution is -0.120. The molecule has 2 aliphatic heterocycles. The number of aryl methyl sites for hydroxylation is 1. The number of benzene rings is 2. The lowest BCUT2D eigenvalue weighted by Crippen LogP contribution is -2.35. The van der Waals surface area contributed by atoms with Gasteiger partial charge in [0.2, 0.25) is 17.7 Å². The predicted molar refractivity (Wildman–Crippen MR) is 192 cm³/mol. The van der Waals surface area contributed by atoms with Gasteiger partial charge in [0.15, 0.2) is 0 Å². The molecule has 4 aromatic rings. The van der Waals surface area contributed by atoms with Gasteiger partial charge in [-0.15, -0.1) is 0 Å². The van der Waals surface area contributed by atoms with E-state index in [1.165, 1.54) is 0 Å². The second-order valence-electron chi connectivity index (χ2n) is 12.4. The maximum Gasteiger partial charge on any atom is 0.220 e. The quantitative estimate of drug-likeness (QED) is 0.137. The summed E-state index contributed by atoms with van der Waals surface area (Å²) in [4.78, 5) is 32.5. The molecule has 0 radical (unpaired) electrons. The lowest BCUT2D eigenvalue weighted by Gasteiger charge is -2.18. The fourth-order valence-corrected chi connectivity index (χ4v) is 7.11. The summed E-state index contributed by atoms with van der Waals surface area (Å²) in [5.41, 5.74) is 7.31. The average Bonchev–Trinajstić information content (AvgIpc) is 3.72. The number of nitrogens with one attached hydrogen (secondary N) is 4. The van der Waals surface area contributed by atoms with Crippen molar-refractivity contribution in [3.63, 3.8) is 0 Å². The molecule has 2 aromatic heterocycles. The van der Waals surface area contributed by atoms with Crippen LogP contribution in [0.3, 0.4) is 0 Å². The van der Waals surface area contributed by atoms with Crippen LogP contribution in [0.4, 0.5) is 0 Å². The van der Waals surface area contributed by atoms with Gasteiger partial charge in [0.1, 0.15) is 5.75 Å². The summed E-state index contributed by atoms with van der Waals surface area (Å²) >= 11 is 14.2. The molecular formula is C37H40Cl2N6O4. The Balaban J connectivity index is 1.22. The number of carbonyl (C=O) groups excluding carboxylic acids is 2. The standard InChI is InChI=1S/C37H40Cl2N6O4/c1-21-15-23(16-31(48-2)29(21)20-41-19-25-9-12-33(47)44-25)36-35(39)27(13-14-42-36)26-5-4-6-28(34(26)38)30-10-7-22(37(45-30)49-3)17-40-18-24-8-11-32(46)43-24/h4-7,10,13-16,24-25,40-41H,8-9,11-12,17-20H2,1-3H3,(H,43,46)(H,44,47)/t24-,25-/m1/s1. The molecule has 0 bridgehead atoms. The van der Waals surface area contributed by atoms with Crippen LogP contribution in [0.25, 0.3) is 33.6 Å². The van der Waals surface area contributed by atoms with E-state index in [0.717, 1.165) is 57.5 Å². The van der Waals surface area contributed by atoms with Gasteiger partial charge in [-0.25, -0.2) is 4.98 Å². The minimum atomic E-state index is 0.0980. The number of rotatable bonds is 13. The Labute approximate surface area is 296 Å². The number of pyridine rings is 2. The van der Waals surface area contributed by atoms with E-state index in [2.05, 4.69) is 32.3 Å². The molecule has 12 heteroatoms. The van der Waals surface area contributed by atoms with Crippen LogP contribution >= 0.6 is 23.2 Å². The zero-order chi connectivity index (χ0) is 34.5. The first-order valence-corrected chi connectivity index (χ1v) is 17.2. The Bertz CT molecular complexity index is 1870. The number of nitrogens with zero attached hydrogens (tertiary/aromatic N) is 2. The first kappa shape index (κ1) is 34.6.